The quantitative estimate of drug-likeness (QED) is 0.527. The Kier molecular flexibility index (Phi) is 1.44. The molecule has 12 heavy (non-hydrogen) atoms. The molecule has 1 aliphatic carbocycles. The Hall–Kier alpha value is -0.980. The minimum atomic E-state index is 0.579. The SMILES string of the molecule is CC1=CC2=C(C)C(C)N(C)C2=C1. The minimum Gasteiger partial charge on any atom is -0.368 e. The summed E-state index contributed by atoms with van der Waals surface area (Å²) in [6, 6.07) is 0.579. The van der Waals surface area contributed by atoms with E-state index in [2.05, 4.69) is 44.9 Å². The van der Waals surface area contributed by atoms with Gasteiger partial charge in [0.05, 0.1) is 0 Å². The first kappa shape index (κ1) is 7.66. The molecule has 0 saturated carbocycles. The fourth-order valence-corrected chi connectivity index (χ4v) is 1.97. The second-order valence-electron chi connectivity index (χ2n) is 3.80. The molecule has 1 unspecified atom stereocenters. The monoisotopic (exact) mass is 161 g/mol. The van der Waals surface area contributed by atoms with Gasteiger partial charge in [-0.15, -0.1) is 0 Å². The van der Waals surface area contributed by atoms with Gasteiger partial charge in [-0.25, -0.2) is 0 Å². The van der Waals surface area contributed by atoms with Crippen molar-refractivity contribution in [3.05, 3.63) is 34.6 Å². The van der Waals surface area contributed by atoms with Gasteiger partial charge in [-0.1, -0.05) is 0 Å². The molecule has 1 heterocycles. The van der Waals surface area contributed by atoms with Gasteiger partial charge < -0.3 is 4.90 Å². The third-order valence-electron chi connectivity index (χ3n) is 3.02. The van der Waals surface area contributed by atoms with Gasteiger partial charge in [0, 0.05) is 18.8 Å². The number of hydrogen-bond acceptors (Lipinski definition) is 1. The summed E-state index contributed by atoms with van der Waals surface area (Å²) in [5.41, 5.74) is 5.72. The standard InChI is InChI=1S/C11H15N/c1-7-5-10-8(2)9(3)12(4)11(10)6-7/h5-6,9H,1-4H3. The van der Waals surface area contributed by atoms with Crippen molar-refractivity contribution >= 4 is 0 Å². The lowest BCUT2D eigenvalue weighted by Crippen LogP contribution is -2.22. The Labute approximate surface area is 74.1 Å². The zero-order valence-corrected chi connectivity index (χ0v) is 8.18. The molecule has 1 aliphatic heterocycles. The number of allylic oxidation sites excluding steroid dienone is 3. The maximum absolute atomic E-state index is 2.34. The van der Waals surface area contributed by atoms with Crippen molar-refractivity contribution in [2.75, 3.05) is 7.05 Å². The minimum absolute atomic E-state index is 0.579. The van der Waals surface area contributed by atoms with Gasteiger partial charge in [0.15, 0.2) is 0 Å². The van der Waals surface area contributed by atoms with Crippen molar-refractivity contribution in [3.8, 4) is 0 Å². The molecule has 0 aromatic rings. The lowest BCUT2D eigenvalue weighted by atomic mass is 10.1. The molecule has 2 rings (SSSR count). The average molecular weight is 161 g/mol. The molecular weight excluding hydrogens is 146 g/mol. The van der Waals surface area contributed by atoms with Gasteiger partial charge in [0.25, 0.3) is 0 Å². The highest BCUT2D eigenvalue weighted by Gasteiger charge is 2.28. The van der Waals surface area contributed by atoms with Crippen LogP contribution in [-0.4, -0.2) is 18.0 Å². The van der Waals surface area contributed by atoms with E-state index in [-0.39, 0.29) is 0 Å². The molecule has 0 amide bonds. The van der Waals surface area contributed by atoms with Crippen LogP contribution >= 0.6 is 0 Å². The van der Waals surface area contributed by atoms with E-state index in [0.29, 0.717) is 6.04 Å². The van der Waals surface area contributed by atoms with Crippen molar-refractivity contribution in [1.82, 2.24) is 4.90 Å². The van der Waals surface area contributed by atoms with E-state index >= 15 is 0 Å². The smallest absolute Gasteiger partial charge is 0.0477 e. The molecule has 0 aromatic carbocycles. The molecule has 0 saturated heterocycles. The third kappa shape index (κ3) is 0.795. The zero-order valence-electron chi connectivity index (χ0n) is 8.18. The Morgan fingerprint density at radius 3 is 2.50 bits per heavy atom. The summed E-state index contributed by atoms with van der Waals surface area (Å²) in [6.07, 6.45) is 4.55. The molecule has 0 bridgehead atoms. The number of likely N-dealkylation sites (N-methyl/N-ethyl adjacent to an activating group) is 1. The Balaban J connectivity index is 2.51. The highest BCUT2D eigenvalue weighted by Crippen LogP contribution is 2.37. The zero-order chi connectivity index (χ0) is 8.88. The Bertz CT molecular complexity index is 318. The van der Waals surface area contributed by atoms with Crippen LogP contribution in [0.5, 0.6) is 0 Å². The van der Waals surface area contributed by atoms with Gasteiger partial charge in [-0.3, -0.25) is 0 Å². The van der Waals surface area contributed by atoms with Crippen LogP contribution in [0.1, 0.15) is 20.8 Å². The summed E-state index contributed by atoms with van der Waals surface area (Å²) in [5.74, 6) is 0. The first-order chi connectivity index (χ1) is 5.61. The van der Waals surface area contributed by atoms with Gasteiger partial charge in [0.2, 0.25) is 0 Å². The normalized spacial score (nSPS) is 27.7. The molecule has 2 aliphatic rings. The van der Waals surface area contributed by atoms with Crippen molar-refractivity contribution in [2.45, 2.75) is 26.8 Å². The number of hydrogen-bond donors (Lipinski definition) is 0. The third-order valence-corrected chi connectivity index (χ3v) is 3.02. The van der Waals surface area contributed by atoms with E-state index in [4.69, 9.17) is 0 Å². The van der Waals surface area contributed by atoms with Crippen LogP contribution in [0, 0.1) is 0 Å². The van der Waals surface area contributed by atoms with Gasteiger partial charge in [-0.05, 0) is 49.6 Å². The fourth-order valence-electron chi connectivity index (χ4n) is 1.97. The first-order valence-electron chi connectivity index (χ1n) is 4.45. The van der Waals surface area contributed by atoms with Crippen molar-refractivity contribution in [2.24, 2.45) is 0 Å². The first-order valence-corrected chi connectivity index (χ1v) is 4.45. The molecule has 0 spiro atoms. The largest absolute Gasteiger partial charge is 0.368 e. The lowest BCUT2D eigenvalue weighted by Gasteiger charge is -2.20. The molecule has 0 aromatic heterocycles. The van der Waals surface area contributed by atoms with Crippen LogP contribution in [0.25, 0.3) is 0 Å². The summed E-state index contributed by atoms with van der Waals surface area (Å²) < 4.78 is 0. The van der Waals surface area contributed by atoms with E-state index in [0.717, 1.165) is 0 Å². The van der Waals surface area contributed by atoms with E-state index in [1.54, 1.807) is 0 Å². The summed E-state index contributed by atoms with van der Waals surface area (Å²) >= 11 is 0. The molecule has 1 atom stereocenters. The molecule has 0 fully saturated rings. The summed E-state index contributed by atoms with van der Waals surface area (Å²) in [4.78, 5) is 2.34. The van der Waals surface area contributed by atoms with Gasteiger partial charge >= 0.3 is 0 Å². The molecule has 0 radical (unpaired) electrons. The van der Waals surface area contributed by atoms with E-state index in [9.17, 15) is 0 Å². The lowest BCUT2D eigenvalue weighted by molar-refractivity contribution is 0.393. The number of fused-ring (bicyclic) bond motifs is 1. The molecule has 1 nitrogen and oxygen atoms in total. The fraction of sp³-hybridized carbons (Fsp3) is 0.455. The molecule has 64 valence electrons. The molecule has 0 N–H and O–H groups in total. The summed E-state index contributed by atoms with van der Waals surface area (Å²) in [7, 11) is 2.17. The maximum Gasteiger partial charge on any atom is 0.0477 e. The topological polar surface area (TPSA) is 3.24 Å². The molecular formula is C11H15N. The van der Waals surface area contributed by atoms with E-state index < -0.39 is 0 Å². The summed E-state index contributed by atoms with van der Waals surface area (Å²) in [6.45, 7) is 6.64. The van der Waals surface area contributed by atoms with Crippen molar-refractivity contribution < 1.29 is 0 Å². The second kappa shape index (κ2) is 2.25. The van der Waals surface area contributed by atoms with Crippen LogP contribution in [0.2, 0.25) is 0 Å². The van der Waals surface area contributed by atoms with Crippen LogP contribution in [0.15, 0.2) is 34.6 Å². The second-order valence-corrected chi connectivity index (χ2v) is 3.80. The highest BCUT2D eigenvalue weighted by molar-refractivity contribution is 5.57. The van der Waals surface area contributed by atoms with Gasteiger partial charge in [-0.2, -0.15) is 0 Å². The predicted molar refractivity (Wildman–Crippen MR) is 51.8 cm³/mol. The highest BCUT2D eigenvalue weighted by atomic mass is 15.2. The predicted octanol–water partition coefficient (Wildman–Crippen LogP) is 2.48. The summed E-state index contributed by atoms with van der Waals surface area (Å²) in [5, 5.41) is 0. The van der Waals surface area contributed by atoms with Crippen LogP contribution in [0.4, 0.5) is 0 Å². The number of rotatable bonds is 0. The number of nitrogens with zero attached hydrogens (tertiary/aromatic N) is 1. The Morgan fingerprint density at radius 1 is 1.25 bits per heavy atom. The van der Waals surface area contributed by atoms with Crippen LogP contribution < -0.4 is 0 Å². The van der Waals surface area contributed by atoms with Crippen LogP contribution in [-0.2, 0) is 0 Å². The van der Waals surface area contributed by atoms with E-state index in [1.165, 1.54) is 22.4 Å². The van der Waals surface area contributed by atoms with Crippen molar-refractivity contribution in [1.29, 1.82) is 0 Å². The van der Waals surface area contributed by atoms with E-state index in [1.807, 2.05) is 0 Å². The van der Waals surface area contributed by atoms with Crippen molar-refractivity contribution in [3.63, 3.8) is 0 Å². The van der Waals surface area contributed by atoms with Gasteiger partial charge in [0.1, 0.15) is 0 Å². The average Bonchev–Trinajstić information content (AvgIpc) is 2.49. The Morgan fingerprint density at radius 2 is 1.92 bits per heavy atom. The molecule has 1 heteroatoms. The van der Waals surface area contributed by atoms with Crippen LogP contribution in [0.3, 0.4) is 0 Å². The maximum atomic E-state index is 2.34.